The van der Waals surface area contributed by atoms with Gasteiger partial charge in [0.25, 0.3) is 18.9 Å². The van der Waals surface area contributed by atoms with E-state index in [1.54, 1.807) is 24.3 Å². The number of nitrogens with one attached hydrogen (secondary N) is 2. The van der Waals surface area contributed by atoms with Crippen molar-refractivity contribution in [1.29, 1.82) is 0 Å². The third kappa shape index (κ3) is 11.5. The maximum absolute atomic E-state index is 11.6. The normalized spacial score (nSPS) is 12.0. The Bertz CT molecular complexity index is 2400. The molecule has 0 spiro atoms. The minimum atomic E-state index is -4.61. The number of benzene rings is 2. The zero-order valence-corrected chi connectivity index (χ0v) is 36.8. The lowest BCUT2D eigenvalue weighted by atomic mass is 10.2. The Morgan fingerprint density at radius 2 is 1.08 bits per heavy atom. The molecule has 24 nitrogen and oxygen atoms in total. The first-order chi connectivity index (χ1) is 28.6. The summed E-state index contributed by atoms with van der Waals surface area (Å²) < 4.78 is 75.1. The van der Waals surface area contributed by atoms with Crippen molar-refractivity contribution >= 4 is 111 Å². The van der Waals surface area contributed by atoms with Crippen molar-refractivity contribution in [3.05, 3.63) is 24.3 Å². The second kappa shape index (κ2) is 20.3. The minimum Gasteiger partial charge on any atom is -0.494 e. The van der Waals surface area contributed by atoms with Gasteiger partial charge < -0.3 is 35.0 Å². The summed E-state index contributed by atoms with van der Waals surface area (Å²) >= 11 is 2.16. The summed E-state index contributed by atoms with van der Waals surface area (Å²) in [6, 6.07) is 6.71. The number of aliphatic hydroxyl groups is 1. The molecule has 0 radical (unpaired) electrons. The highest BCUT2D eigenvalue weighted by molar-refractivity contribution is 7.99. The van der Waals surface area contributed by atoms with Gasteiger partial charge in [0.1, 0.15) is 22.9 Å². The summed E-state index contributed by atoms with van der Waals surface area (Å²) in [6.45, 7) is 10.2. The fraction of sp³-hybridized carbons (Fsp3) is 0.387. The molecule has 0 fully saturated rings. The predicted octanol–water partition coefficient (Wildman–Crippen LogP) is 6.18. The third-order valence-corrected chi connectivity index (χ3v) is 12.8. The van der Waals surface area contributed by atoms with Crippen molar-refractivity contribution in [2.24, 2.45) is 20.5 Å². The van der Waals surface area contributed by atoms with E-state index in [0.29, 0.717) is 83.1 Å². The van der Waals surface area contributed by atoms with Crippen LogP contribution < -0.4 is 29.9 Å². The molecular weight excluding hydrogens is 887 g/mol. The number of thioether (sulfide) groups is 1. The predicted molar refractivity (Wildman–Crippen MR) is 225 cm³/mol. The van der Waals surface area contributed by atoms with Gasteiger partial charge in [-0.25, -0.2) is 0 Å². The summed E-state index contributed by atoms with van der Waals surface area (Å²) in [5, 5.41) is 46.9. The van der Waals surface area contributed by atoms with Gasteiger partial charge in [-0.05, 0) is 39.8 Å². The fourth-order valence-corrected chi connectivity index (χ4v) is 8.19. The van der Waals surface area contributed by atoms with E-state index >= 15 is 0 Å². The number of azo groups is 2. The van der Waals surface area contributed by atoms with Gasteiger partial charge in [0.15, 0.2) is 5.16 Å². The zero-order chi connectivity index (χ0) is 43.6. The smallest absolute Gasteiger partial charge is 0.324 e. The average molecular weight is 926 g/mol. The number of hydrogen-bond acceptors (Lipinski definition) is 25. The van der Waals surface area contributed by atoms with Crippen molar-refractivity contribution in [1.82, 2.24) is 35.3 Å². The molecule has 60 heavy (non-hydrogen) atoms. The molecule has 5 aromatic rings. The van der Waals surface area contributed by atoms with Crippen LogP contribution in [0.25, 0.3) is 0 Å². The Labute approximate surface area is 356 Å². The van der Waals surface area contributed by atoms with Gasteiger partial charge >= 0.3 is 20.2 Å². The van der Waals surface area contributed by atoms with Crippen LogP contribution >= 0.6 is 34.4 Å². The van der Waals surface area contributed by atoms with Crippen molar-refractivity contribution in [3.63, 3.8) is 0 Å². The van der Waals surface area contributed by atoms with E-state index in [-0.39, 0.29) is 51.1 Å². The molecule has 5 rings (SSSR count). The lowest BCUT2D eigenvalue weighted by molar-refractivity contribution is 0.322. The molecule has 0 saturated heterocycles. The minimum absolute atomic E-state index is 0.0249. The van der Waals surface area contributed by atoms with Gasteiger partial charge in [0, 0.05) is 44.1 Å². The van der Waals surface area contributed by atoms with Crippen LogP contribution in [0, 0.1) is 0 Å². The molecule has 3 aromatic heterocycles. The molecule has 0 saturated carbocycles. The van der Waals surface area contributed by atoms with Crippen LogP contribution in [0.5, 0.6) is 11.5 Å². The fourth-order valence-electron chi connectivity index (χ4n) is 5.23. The molecule has 0 aliphatic carbocycles. The number of anilines is 6. The number of ether oxygens (including phenoxy) is 2. The molecule has 322 valence electrons. The highest BCUT2D eigenvalue weighted by atomic mass is 32.3. The van der Waals surface area contributed by atoms with Gasteiger partial charge in [-0.2, -0.15) is 31.8 Å². The molecule has 0 unspecified atom stereocenters. The van der Waals surface area contributed by atoms with Gasteiger partial charge in [-0.1, -0.05) is 34.4 Å². The maximum Gasteiger partial charge on any atom is 0.324 e. The van der Waals surface area contributed by atoms with E-state index < -0.39 is 28.9 Å². The second-order valence-electron chi connectivity index (χ2n) is 11.6. The third-order valence-electron chi connectivity index (χ3n) is 7.95. The largest absolute Gasteiger partial charge is 0.494 e. The van der Waals surface area contributed by atoms with E-state index in [4.69, 9.17) is 9.47 Å². The molecule has 3 heterocycles. The van der Waals surface area contributed by atoms with Crippen LogP contribution in [-0.2, 0) is 20.2 Å². The molecule has 0 aliphatic heterocycles. The SMILES string of the molecule is CCN(CC)c1cc(Nc2nc(Nc3cc(N(CC)CC)c(OC)cc3N=Nc3nnc(S(=O)(=O)O)s3)nc(SCCO)n2)c(N=Nc2nnc(S(=O)(=O)O)s2)cc1OC. The monoisotopic (exact) mass is 925 g/mol. The van der Waals surface area contributed by atoms with Gasteiger partial charge in [-0.3, -0.25) is 9.11 Å². The number of aromatic nitrogens is 7. The van der Waals surface area contributed by atoms with Crippen LogP contribution in [-0.4, -0.2) is 119 Å². The number of aliphatic hydroxyl groups excluding tert-OH is 1. The Kier molecular flexibility index (Phi) is 15.5. The molecule has 0 amide bonds. The molecule has 0 atom stereocenters. The number of rotatable bonds is 21. The summed E-state index contributed by atoms with van der Waals surface area (Å²) in [7, 11) is -6.23. The molecule has 0 bridgehead atoms. The van der Waals surface area contributed by atoms with Gasteiger partial charge in [-0.15, -0.1) is 40.9 Å². The van der Waals surface area contributed by atoms with Crippen molar-refractivity contribution in [2.45, 2.75) is 41.5 Å². The Morgan fingerprint density at radius 3 is 1.42 bits per heavy atom. The molecular formula is C31H39N15O9S5. The molecule has 5 N–H and O–H groups in total. The highest BCUT2D eigenvalue weighted by Gasteiger charge is 2.22. The first kappa shape index (κ1) is 45.8. The Hall–Kier alpha value is -5.30. The van der Waals surface area contributed by atoms with E-state index in [9.17, 15) is 31.0 Å². The van der Waals surface area contributed by atoms with Gasteiger partial charge in [0.2, 0.25) is 11.9 Å². The average Bonchev–Trinajstić information content (AvgIpc) is 3.91. The summed E-state index contributed by atoms with van der Waals surface area (Å²) in [5.41, 5.74) is 2.43. The highest BCUT2D eigenvalue weighted by Crippen LogP contribution is 2.43. The number of hydrogen-bond donors (Lipinski definition) is 5. The van der Waals surface area contributed by atoms with Crippen LogP contribution in [0.3, 0.4) is 0 Å². The lowest BCUT2D eigenvalue weighted by Gasteiger charge is -2.25. The lowest BCUT2D eigenvalue weighted by Crippen LogP contribution is -2.22. The maximum atomic E-state index is 11.6. The quantitative estimate of drug-likeness (QED) is 0.0311. The Balaban J connectivity index is 1.63. The topological polar surface area (TPSA) is 318 Å². The summed E-state index contributed by atoms with van der Waals surface area (Å²) in [5.74, 6) is 1.18. The van der Waals surface area contributed by atoms with Gasteiger partial charge in [0.05, 0.1) is 43.6 Å². The second-order valence-corrected chi connectivity index (χ2v) is 17.7. The van der Waals surface area contributed by atoms with Crippen molar-refractivity contribution in [2.75, 3.05) is 73.2 Å². The molecule has 29 heteroatoms. The van der Waals surface area contributed by atoms with Crippen molar-refractivity contribution < 1.29 is 40.5 Å². The first-order valence-electron chi connectivity index (χ1n) is 17.6. The summed E-state index contributed by atoms with van der Waals surface area (Å²) in [6.07, 6.45) is 0. The van der Waals surface area contributed by atoms with E-state index in [0.717, 1.165) is 11.8 Å². The molecule has 0 aliphatic rings. The first-order valence-corrected chi connectivity index (χ1v) is 23.1. The van der Waals surface area contributed by atoms with Crippen LogP contribution in [0.4, 0.5) is 56.3 Å². The van der Waals surface area contributed by atoms with Crippen LogP contribution in [0.15, 0.2) is 58.6 Å². The number of methoxy groups -OCH3 is 2. The zero-order valence-electron chi connectivity index (χ0n) is 32.7. The van der Waals surface area contributed by atoms with Crippen LogP contribution in [0.1, 0.15) is 27.7 Å². The molecule has 2 aromatic carbocycles. The number of nitrogens with zero attached hydrogens (tertiary/aromatic N) is 13. The van der Waals surface area contributed by atoms with E-state index in [1.807, 2.05) is 37.5 Å². The van der Waals surface area contributed by atoms with E-state index in [2.05, 4.69) is 66.4 Å². The van der Waals surface area contributed by atoms with Crippen molar-refractivity contribution in [3.8, 4) is 11.5 Å². The summed E-state index contributed by atoms with van der Waals surface area (Å²) in [4.78, 5) is 17.9. The Morgan fingerprint density at radius 1 is 0.667 bits per heavy atom. The standard InChI is InChI=1S/C31H39N15O9S5/c1-7-45(8-2)21-13-17(19(15-23(21)54-5)37-39-28-41-43-30(57-28)59(48,49)50)32-25-34-26(36-27(35-25)56-12-11-47)33-18-14-22(46(9-3)10-4)24(55-6)16-20(18)38-40-29-42-44-31(58-29)60(51,52)53/h13-16,47H,7-12H2,1-6H3,(H,48,49,50)(H,51,52,53)(H2,32,33,34,35,36). The van der Waals surface area contributed by atoms with Crippen LogP contribution in [0.2, 0.25) is 0 Å². The van der Waals surface area contributed by atoms with E-state index in [1.165, 1.54) is 14.2 Å².